The van der Waals surface area contributed by atoms with Crippen LogP contribution in [-0.2, 0) is 9.53 Å². The summed E-state index contributed by atoms with van der Waals surface area (Å²) in [5.74, 6) is -0.302. The number of nitrogens with zero attached hydrogens (tertiary/aromatic N) is 2. The van der Waals surface area contributed by atoms with Crippen molar-refractivity contribution in [2.45, 2.75) is 24.9 Å². The summed E-state index contributed by atoms with van der Waals surface area (Å²) in [4.78, 5) is 17.1. The van der Waals surface area contributed by atoms with E-state index < -0.39 is 6.04 Å². The van der Waals surface area contributed by atoms with Crippen LogP contribution in [0.2, 0.25) is 0 Å². The van der Waals surface area contributed by atoms with Crippen LogP contribution < -0.4 is 5.32 Å². The molecule has 0 bridgehead atoms. The van der Waals surface area contributed by atoms with Gasteiger partial charge in [0, 0.05) is 37.8 Å². The van der Waals surface area contributed by atoms with E-state index in [1.54, 1.807) is 18.2 Å². The van der Waals surface area contributed by atoms with E-state index in [-0.39, 0.29) is 36.5 Å². The topological polar surface area (TPSA) is 44.8 Å². The number of benzene rings is 1. The molecule has 148 valence electrons. The average molecular weight is 408 g/mol. The Labute approximate surface area is 167 Å². The van der Waals surface area contributed by atoms with Gasteiger partial charge in [-0.25, -0.2) is 4.39 Å². The van der Waals surface area contributed by atoms with Gasteiger partial charge in [-0.15, -0.1) is 24.8 Å². The smallest absolute Gasteiger partial charge is 0.244 e. The summed E-state index contributed by atoms with van der Waals surface area (Å²) >= 11 is 0. The molecule has 2 heterocycles. The van der Waals surface area contributed by atoms with Gasteiger partial charge >= 0.3 is 0 Å². The summed E-state index contributed by atoms with van der Waals surface area (Å²) in [5.41, 5.74) is 0.472. The van der Waals surface area contributed by atoms with Crippen LogP contribution >= 0.6 is 24.8 Å². The van der Waals surface area contributed by atoms with Gasteiger partial charge in [-0.2, -0.15) is 0 Å². The number of hydrogen-bond acceptors (Lipinski definition) is 4. The van der Waals surface area contributed by atoms with Gasteiger partial charge in [-0.1, -0.05) is 18.2 Å². The van der Waals surface area contributed by atoms with Gasteiger partial charge < -0.3 is 15.0 Å². The Balaban J connectivity index is 0.00000169. The monoisotopic (exact) mass is 407 g/mol. The maximum Gasteiger partial charge on any atom is 0.244 e. The molecule has 2 aliphatic heterocycles. The van der Waals surface area contributed by atoms with Crippen LogP contribution in [0.4, 0.5) is 4.39 Å². The molecule has 1 aromatic rings. The minimum absolute atomic E-state index is 0. The second kappa shape index (κ2) is 11.0. The lowest BCUT2D eigenvalue weighted by Gasteiger charge is -2.39. The Bertz CT molecular complexity index is 565. The zero-order valence-corrected chi connectivity index (χ0v) is 16.7. The highest BCUT2D eigenvalue weighted by Crippen LogP contribution is 2.27. The van der Waals surface area contributed by atoms with Gasteiger partial charge in [-0.3, -0.25) is 9.69 Å². The number of ether oxygens (including phenoxy) is 1. The van der Waals surface area contributed by atoms with Gasteiger partial charge in [0.15, 0.2) is 0 Å². The standard InChI is InChI=1S/C18H26FN3O2.2ClH/c1-20-14-6-8-22(9-7-14)18(23)17(21-10-12-24-13-11-21)15-4-2-3-5-16(15)19;;/h2-5,14,17,20H,6-13H2,1H3;2*1H. The van der Waals surface area contributed by atoms with Crippen molar-refractivity contribution in [1.29, 1.82) is 0 Å². The quantitative estimate of drug-likeness (QED) is 0.830. The molecule has 0 saturated carbocycles. The van der Waals surface area contributed by atoms with Crippen LogP contribution in [0, 0.1) is 5.82 Å². The minimum Gasteiger partial charge on any atom is -0.379 e. The predicted molar refractivity (Wildman–Crippen MR) is 105 cm³/mol. The molecule has 0 spiro atoms. The van der Waals surface area contributed by atoms with Crippen molar-refractivity contribution >= 4 is 30.7 Å². The Kier molecular flexibility index (Phi) is 9.82. The number of carbonyl (C=O) groups is 1. The maximum absolute atomic E-state index is 14.4. The summed E-state index contributed by atoms with van der Waals surface area (Å²) in [6.07, 6.45) is 1.88. The molecule has 0 aliphatic carbocycles. The molecule has 1 aromatic carbocycles. The molecular weight excluding hydrogens is 380 g/mol. The van der Waals surface area contributed by atoms with Crippen LogP contribution in [0.5, 0.6) is 0 Å². The van der Waals surface area contributed by atoms with Crippen molar-refractivity contribution < 1.29 is 13.9 Å². The van der Waals surface area contributed by atoms with E-state index in [4.69, 9.17) is 4.74 Å². The number of nitrogens with one attached hydrogen (secondary N) is 1. The molecule has 0 aromatic heterocycles. The molecule has 2 fully saturated rings. The average Bonchev–Trinajstić information content (AvgIpc) is 2.64. The van der Waals surface area contributed by atoms with Crippen LogP contribution in [0.15, 0.2) is 24.3 Å². The molecule has 2 saturated heterocycles. The normalized spacial score (nSPS) is 20.0. The number of rotatable bonds is 4. The van der Waals surface area contributed by atoms with E-state index in [0.717, 1.165) is 25.9 Å². The van der Waals surface area contributed by atoms with E-state index in [0.29, 0.717) is 37.9 Å². The lowest BCUT2D eigenvalue weighted by Crippen LogP contribution is -2.50. The summed E-state index contributed by atoms with van der Waals surface area (Å²) in [6.45, 7) is 3.91. The molecule has 2 aliphatic rings. The minimum atomic E-state index is -0.554. The Morgan fingerprint density at radius 1 is 1.15 bits per heavy atom. The van der Waals surface area contributed by atoms with Gasteiger partial charge in [0.05, 0.1) is 13.2 Å². The number of hydrogen-bond donors (Lipinski definition) is 1. The molecule has 26 heavy (non-hydrogen) atoms. The van der Waals surface area contributed by atoms with E-state index in [2.05, 4.69) is 10.2 Å². The molecular formula is C18H28Cl2FN3O2. The van der Waals surface area contributed by atoms with Crippen LogP contribution in [-0.4, -0.2) is 68.2 Å². The van der Waals surface area contributed by atoms with Gasteiger partial charge in [-0.05, 0) is 26.0 Å². The number of likely N-dealkylation sites (tertiary alicyclic amines) is 1. The molecule has 1 amide bonds. The highest BCUT2D eigenvalue weighted by atomic mass is 35.5. The van der Waals surface area contributed by atoms with Crippen LogP contribution in [0.1, 0.15) is 24.4 Å². The SMILES string of the molecule is CNC1CCN(C(=O)C(c2ccccc2F)N2CCOCC2)CC1.Cl.Cl. The molecule has 1 atom stereocenters. The van der Waals surface area contributed by atoms with Crippen molar-refractivity contribution in [1.82, 2.24) is 15.1 Å². The zero-order chi connectivity index (χ0) is 16.9. The Hall–Kier alpha value is -0.920. The highest BCUT2D eigenvalue weighted by Gasteiger charge is 2.35. The predicted octanol–water partition coefficient (Wildman–Crippen LogP) is 2.25. The molecule has 1 unspecified atom stereocenters. The summed E-state index contributed by atoms with van der Waals surface area (Å²) in [5, 5.41) is 3.27. The fraction of sp³-hybridized carbons (Fsp3) is 0.611. The Morgan fingerprint density at radius 2 is 1.77 bits per heavy atom. The highest BCUT2D eigenvalue weighted by molar-refractivity contribution is 5.85. The third-order valence-electron chi connectivity index (χ3n) is 5.06. The fourth-order valence-electron chi connectivity index (χ4n) is 3.58. The van der Waals surface area contributed by atoms with Crippen molar-refractivity contribution in [3.63, 3.8) is 0 Å². The van der Waals surface area contributed by atoms with Crippen molar-refractivity contribution in [3.05, 3.63) is 35.6 Å². The number of piperidine rings is 1. The van der Waals surface area contributed by atoms with E-state index in [1.165, 1.54) is 6.07 Å². The number of amides is 1. The molecule has 1 N–H and O–H groups in total. The number of morpholine rings is 1. The molecule has 5 nitrogen and oxygen atoms in total. The largest absolute Gasteiger partial charge is 0.379 e. The first-order chi connectivity index (χ1) is 11.7. The van der Waals surface area contributed by atoms with Crippen LogP contribution in [0.25, 0.3) is 0 Å². The summed E-state index contributed by atoms with van der Waals surface area (Å²) in [7, 11) is 1.96. The van der Waals surface area contributed by atoms with Gasteiger partial charge in [0.1, 0.15) is 11.9 Å². The molecule has 0 radical (unpaired) electrons. The first kappa shape index (κ1) is 23.1. The number of carbonyl (C=O) groups excluding carboxylic acids is 1. The lowest BCUT2D eigenvalue weighted by molar-refractivity contribution is -0.140. The second-order valence-electron chi connectivity index (χ2n) is 6.46. The first-order valence-corrected chi connectivity index (χ1v) is 8.73. The molecule has 8 heteroatoms. The third kappa shape index (κ3) is 5.30. The van der Waals surface area contributed by atoms with E-state index in [1.807, 2.05) is 11.9 Å². The van der Waals surface area contributed by atoms with Crippen molar-refractivity contribution in [2.24, 2.45) is 0 Å². The van der Waals surface area contributed by atoms with Crippen molar-refractivity contribution in [3.8, 4) is 0 Å². The van der Waals surface area contributed by atoms with Gasteiger partial charge in [0.25, 0.3) is 0 Å². The lowest BCUT2D eigenvalue weighted by atomic mass is 9.99. The third-order valence-corrected chi connectivity index (χ3v) is 5.06. The summed E-state index contributed by atoms with van der Waals surface area (Å²) < 4.78 is 19.8. The molecule has 3 rings (SSSR count). The second-order valence-corrected chi connectivity index (χ2v) is 6.46. The number of halogens is 3. The Morgan fingerprint density at radius 3 is 2.35 bits per heavy atom. The van der Waals surface area contributed by atoms with Gasteiger partial charge in [0.2, 0.25) is 5.91 Å². The maximum atomic E-state index is 14.4. The summed E-state index contributed by atoms with van der Waals surface area (Å²) in [6, 6.07) is 6.53. The van der Waals surface area contributed by atoms with E-state index in [9.17, 15) is 9.18 Å². The zero-order valence-electron chi connectivity index (χ0n) is 15.0. The van der Waals surface area contributed by atoms with Crippen LogP contribution in [0.3, 0.4) is 0 Å². The van der Waals surface area contributed by atoms with Crippen molar-refractivity contribution in [2.75, 3.05) is 46.4 Å². The van der Waals surface area contributed by atoms with E-state index >= 15 is 0 Å². The fourth-order valence-corrected chi connectivity index (χ4v) is 3.58. The first-order valence-electron chi connectivity index (χ1n) is 8.73.